The van der Waals surface area contributed by atoms with Crippen LogP contribution in [0.25, 0.3) is 0 Å². The van der Waals surface area contributed by atoms with Gasteiger partial charge in [-0.15, -0.1) is 0 Å². The van der Waals surface area contributed by atoms with E-state index in [9.17, 15) is 13.2 Å². The number of hydrogen-bond donors (Lipinski definition) is 2. The third-order valence-corrected chi connectivity index (χ3v) is 3.95. The first-order valence-electron chi connectivity index (χ1n) is 5.67. The monoisotopic (exact) mass is 280 g/mol. The molecule has 0 aromatic heterocycles. The first-order valence-corrected chi connectivity index (χ1v) is 7.17. The number of hydrogen-bond acceptors (Lipinski definition) is 5. The zero-order valence-electron chi connectivity index (χ0n) is 10.4. The zero-order valence-corrected chi connectivity index (χ0v) is 11.2. The number of carbonyl (C=O) groups excluding carboxylic acids is 1. The molecule has 1 saturated heterocycles. The van der Waals surface area contributed by atoms with Gasteiger partial charge in [-0.05, 0) is 6.42 Å². The van der Waals surface area contributed by atoms with Gasteiger partial charge >= 0.3 is 0 Å². The average Bonchev–Trinajstić information content (AvgIpc) is 2.34. The molecule has 1 amide bonds. The fraction of sp³-hybridized carbons (Fsp3) is 0.889. The van der Waals surface area contributed by atoms with Gasteiger partial charge in [0.2, 0.25) is 5.91 Å². The molecule has 1 rings (SSSR count). The van der Waals surface area contributed by atoms with E-state index >= 15 is 0 Å². The molecule has 1 unspecified atom stereocenters. The topological polar surface area (TPSA) is 119 Å². The normalized spacial score (nSPS) is 19.8. The molecule has 106 valence electrons. The Hall–Kier alpha value is -0.740. The second-order valence-corrected chi connectivity index (χ2v) is 5.70. The predicted molar refractivity (Wildman–Crippen MR) is 65.7 cm³/mol. The van der Waals surface area contributed by atoms with Gasteiger partial charge in [0, 0.05) is 39.9 Å². The van der Waals surface area contributed by atoms with Crippen LogP contribution < -0.4 is 10.9 Å². The van der Waals surface area contributed by atoms with E-state index in [2.05, 4.69) is 0 Å². The van der Waals surface area contributed by atoms with Crippen LogP contribution in [0.2, 0.25) is 0 Å². The van der Waals surface area contributed by atoms with Gasteiger partial charge in [0.1, 0.15) is 0 Å². The summed E-state index contributed by atoms with van der Waals surface area (Å²) in [6.07, 6.45) is 0.449. The molecule has 18 heavy (non-hydrogen) atoms. The minimum atomic E-state index is -3.67. The van der Waals surface area contributed by atoms with Crippen LogP contribution in [0.15, 0.2) is 0 Å². The fourth-order valence-corrected chi connectivity index (χ4v) is 2.44. The number of ether oxygens (including phenoxy) is 1. The molecule has 1 fully saturated rings. The number of rotatable bonds is 5. The Balaban J connectivity index is 2.45. The number of nitrogens with two attached hydrogens (primary N) is 2. The van der Waals surface area contributed by atoms with Gasteiger partial charge in [0.05, 0.1) is 6.04 Å². The van der Waals surface area contributed by atoms with Crippen LogP contribution in [0.1, 0.15) is 6.42 Å². The summed E-state index contributed by atoms with van der Waals surface area (Å²) in [5.41, 5.74) is 5.73. The second-order valence-electron chi connectivity index (χ2n) is 4.16. The summed E-state index contributed by atoms with van der Waals surface area (Å²) in [5.74, 6) is -0.180. The van der Waals surface area contributed by atoms with E-state index in [4.69, 9.17) is 15.6 Å². The van der Waals surface area contributed by atoms with Gasteiger partial charge in [0.25, 0.3) is 10.2 Å². The quantitative estimate of drug-likeness (QED) is 0.587. The van der Waals surface area contributed by atoms with Crippen molar-refractivity contribution in [1.29, 1.82) is 0 Å². The zero-order chi connectivity index (χ0) is 13.8. The molecular formula is C9H20N4O4S. The molecular weight excluding hydrogens is 260 g/mol. The molecule has 1 atom stereocenters. The van der Waals surface area contributed by atoms with Crippen molar-refractivity contribution in [3.63, 3.8) is 0 Å². The van der Waals surface area contributed by atoms with Crippen LogP contribution in [0.5, 0.6) is 0 Å². The predicted octanol–water partition coefficient (Wildman–Crippen LogP) is -2.30. The van der Waals surface area contributed by atoms with E-state index in [-0.39, 0.29) is 19.0 Å². The number of methoxy groups -OCH3 is 1. The lowest BCUT2D eigenvalue weighted by Crippen LogP contribution is -2.55. The molecule has 0 bridgehead atoms. The molecule has 0 radical (unpaired) electrons. The highest BCUT2D eigenvalue weighted by Crippen LogP contribution is 2.06. The van der Waals surface area contributed by atoms with Crippen molar-refractivity contribution in [2.24, 2.45) is 10.9 Å². The van der Waals surface area contributed by atoms with Gasteiger partial charge < -0.3 is 15.4 Å². The smallest absolute Gasteiger partial charge is 0.277 e. The van der Waals surface area contributed by atoms with Gasteiger partial charge in [-0.25, -0.2) is 5.14 Å². The minimum Gasteiger partial charge on any atom is -0.385 e. The standard InChI is InChI=1S/C9H20N4O4S/c1-17-7-2-8(10)9(14)12-3-5-13(6-4-12)18(11,15)16/h8H,2-7,10H2,1H3,(H2,11,15,16). The van der Waals surface area contributed by atoms with E-state index in [0.29, 0.717) is 26.1 Å². The number of amides is 1. The van der Waals surface area contributed by atoms with Crippen molar-refractivity contribution in [2.75, 3.05) is 39.9 Å². The summed E-state index contributed by atoms with van der Waals surface area (Å²) in [4.78, 5) is 13.5. The van der Waals surface area contributed by atoms with E-state index < -0.39 is 16.3 Å². The van der Waals surface area contributed by atoms with Gasteiger partial charge in [-0.1, -0.05) is 0 Å². The molecule has 0 saturated carbocycles. The Kier molecular flexibility index (Phi) is 5.47. The van der Waals surface area contributed by atoms with Crippen molar-refractivity contribution >= 4 is 16.1 Å². The molecule has 0 spiro atoms. The van der Waals surface area contributed by atoms with E-state index in [1.807, 2.05) is 0 Å². The maximum atomic E-state index is 11.9. The van der Waals surface area contributed by atoms with Crippen LogP contribution in [0.4, 0.5) is 0 Å². The largest absolute Gasteiger partial charge is 0.385 e. The summed E-state index contributed by atoms with van der Waals surface area (Å²) < 4.78 is 28.2. The van der Waals surface area contributed by atoms with Crippen molar-refractivity contribution in [2.45, 2.75) is 12.5 Å². The molecule has 0 aromatic carbocycles. The first kappa shape index (κ1) is 15.3. The summed E-state index contributed by atoms with van der Waals surface area (Å²) in [6.45, 7) is 1.47. The summed E-state index contributed by atoms with van der Waals surface area (Å²) in [5, 5.41) is 5.01. The molecule has 9 heteroatoms. The van der Waals surface area contributed by atoms with Gasteiger partial charge in [-0.3, -0.25) is 4.79 Å². The number of nitrogens with zero attached hydrogens (tertiary/aromatic N) is 2. The van der Waals surface area contributed by atoms with Crippen LogP contribution in [-0.2, 0) is 19.7 Å². The lowest BCUT2D eigenvalue weighted by molar-refractivity contribution is -0.134. The Morgan fingerprint density at radius 1 is 1.33 bits per heavy atom. The Bertz CT molecular complexity index is 378. The summed E-state index contributed by atoms with van der Waals surface area (Å²) >= 11 is 0. The Morgan fingerprint density at radius 3 is 2.33 bits per heavy atom. The summed E-state index contributed by atoms with van der Waals surface area (Å²) in [7, 11) is -2.12. The third kappa shape index (κ3) is 4.18. The molecule has 1 heterocycles. The minimum absolute atomic E-state index is 0.180. The third-order valence-electron chi connectivity index (χ3n) is 2.86. The molecule has 1 aliphatic heterocycles. The Labute approximate surface area is 107 Å². The summed E-state index contributed by atoms with van der Waals surface area (Å²) in [6, 6.07) is -0.606. The van der Waals surface area contributed by atoms with E-state index in [0.717, 1.165) is 4.31 Å². The highest BCUT2D eigenvalue weighted by Gasteiger charge is 2.28. The van der Waals surface area contributed by atoms with Crippen molar-refractivity contribution in [3.05, 3.63) is 0 Å². The average molecular weight is 280 g/mol. The number of piperazine rings is 1. The lowest BCUT2D eigenvalue weighted by atomic mass is 10.2. The first-order chi connectivity index (χ1) is 8.36. The van der Waals surface area contributed by atoms with Crippen molar-refractivity contribution in [1.82, 2.24) is 9.21 Å². The highest BCUT2D eigenvalue weighted by atomic mass is 32.2. The molecule has 0 aliphatic carbocycles. The Morgan fingerprint density at radius 2 is 1.89 bits per heavy atom. The molecule has 1 aliphatic rings. The van der Waals surface area contributed by atoms with E-state index in [1.165, 1.54) is 0 Å². The maximum Gasteiger partial charge on any atom is 0.277 e. The van der Waals surface area contributed by atoms with E-state index in [1.54, 1.807) is 12.0 Å². The SMILES string of the molecule is COCCC(N)C(=O)N1CCN(S(N)(=O)=O)CC1. The molecule has 4 N–H and O–H groups in total. The number of carbonyl (C=O) groups is 1. The maximum absolute atomic E-state index is 11.9. The molecule has 0 aromatic rings. The molecule has 8 nitrogen and oxygen atoms in total. The second kappa shape index (κ2) is 6.43. The van der Waals surface area contributed by atoms with Crippen LogP contribution >= 0.6 is 0 Å². The van der Waals surface area contributed by atoms with Gasteiger partial charge in [-0.2, -0.15) is 12.7 Å². The van der Waals surface area contributed by atoms with Crippen LogP contribution in [-0.4, -0.2) is 69.5 Å². The van der Waals surface area contributed by atoms with Gasteiger partial charge in [0.15, 0.2) is 0 Å². The fourth-order valence-electron chi connectivity index (χ4n) is 1.77. The van der Waals surface area contributed by atoms with Crippen LogP contribution in [0.3, 0.4) is 0 Å². The lowest BCUT2D eigenvalue weighted by Gasteiger charge is -2.34. The van der Waals surface area contributed by atoms with Crippen LogP contribution in [0, 0.1) is 0 Å². The van der Waals surface area contributed by atoms with Crippen molar-refractivity contribution < 1.29 is 17.9 Å². The highest BCUT2D eigenvalue weighted by molar-refractivity contribution is 7.86. The van der Waals surface area contributed by atoms with Crippen molar-refractivity contribution in [3.8, 4) is 0 Å².